The zero-order chi connectivity index (χ0) is 16.2. The number of oxazole rings is 1. The highest BCUT2D eigenvalue weighted by Crippen LogP contribution is 2.17. The Hall–Kier alpha value is -2.82. The van der Waals surface area contributed by atoms with E-state index in [0.717, 1.165) is 22.4 Å². The van der Waals surface area contributed by atoms with Gasteiger partial charge >= 0.3 is 0 Å². The summed E-state index contributed by atoms with van der Waals surface area (Å²) in [4.78, 5) is 16.3. The van der Waals surface area contributed by atoms with Crippen LogP contribution in [0, 0.1) is 6.92 Å². The summed E-state index contributed by atoms with van der Waals surface area (Å²) >= 11 is 0. The molecule has 0 aliphatic carbocycles. The number of hydrogen-bond acceptors (Lipinski definition) is 4. The fourth-order valence-corrected chi connectivity index (χ4v) is 2.39. The lowest BCUT2D eigenvalue weighted by Gasteiger charge is -2.06. The van der Waals surface area contributed by atoms with Gasteiger partial charge in [-0.15, -0.1) is 0 Å². The monoisotopic (exact) mass is 310 g/mol. The van der Waals surface area contributed by atoms with E-state index in [9.17, 15) is 4.79 Å². The maximum absolute atomic E-state index is 12.1. The molecule has 0 unspecified atom stereocenters. The van der Waals surface area contributed by atoms with Gasteiger partial charge < -0.3 is 14.5 Å². The molecule has 3 aromatic rings. The Morgan fingerprint density at radius 1 is 1.17 bits per heavy atom. The van der Waals surface area contributed by atoms with E-state index < -0.39 is 0 Å². The van der Waals surface area contributed by atoms with Crippen LogP contribution in [0.1, 0.15) is 17.0 Å². The van der Waals surface area contributed by atoms with Gasteiger partial charge in [0.15, 0.2) is 11.5 Å². The minimum atomic E-state index is -0.0311. The van der Waals surface area contributed by atoms with Gasteiger partial charge in [0.2, 0.25) is 5.91 Å². The number of nitrogens with one attached hydrogen (secondary N) is 1. The van der Waals surface area contributed by atoms with Crippen LogP contribution in [0.5, 0.6) is 5.75 Å². The van der Waals surface area contributed by atoms with Crippen molar-refractivity contribution in [3.05, 3.63) is 59.5 Å². The number of benzene rings is 2. The number of hydrogen-bond donors (Lipinski definition) is 1. The van der Waals surface area contributed by atoms with Crippen LogP contribution in [-0.4, -0.2) is 18.0 Å². The zero-order valence-electron chi connectivity index (χ0n) is 13.1. The standard InChI is InChI=1S/C18H18N2O3/c1-12-20-16-8-5-14(9-17(16)23-12)10-18(21)19-11-13-3-6-15(22-2)7-4-13/h3-9H,10-11H2,1-2H3,(H,19,21). The Morgan fingerprint density at radius 3 is 2.65 bits per heavy atom. The van der Waals surface area contributed by atoms with Crippen LogP contribution < -0.4 is 10.1 Å². The van der Waals surface area contributed by atoms with Gasteiger partial charge in [-0.05, 0) is 35.4 Å². The van der Waals surface area contributed by atoms with E-state index in [1.165, 1.54) is 0 Å². The molecule has 0 aliphatic rings. The first-order valence-electron chi connectivity index (χ1n) is 7.40. The molecule has 1 N–H and O–H groups in total. The summed E-state index contributed by atoms with van der Waals surface area (Å²) < 4.78 is 10.6. The lowest BCUT2D eigenvalue weighted by Crippen LogP contribution is -2.24. The van der Waals surface area contributed by atoms with Gasteiger partial charge in [0.25, 0.3) is 0 Å². The first kappa shape index (κ1) is 15.1. The molecule has 23 heavy (non-hydrogen) atoms. The summed E-state index contributed by atoms with van der Waals surface area (Å²) in [7, 11) is 1.63. The lowest BCUT2D eigenvalue weighted by molar-refractivity contribution is -0.120. The molecule has 0 bridgehead atoms. The van der Waals surface area contributed by atoms with Crippen molar-refractivity contribution in [3.8, 4) is 5.75 Å². The second-order valence-corrected chi connectivity index (χ2v) is 5.34. The largest absolute Gasteiger partial charge is 0.497 e. The molecule has 5 heteroatoms. The molecular formula is C18H18N2O3. The predicted molar refractivity (Wildman–Crippen MR) is 87.3 cm³/mol. The fraction of sp³-hybridized carbons (Fsp3) is 0.222. The normalized spacial score (nSPS) is 10.7. The minimum absolute atomic E-state index is 0.0311. The highest BCUT2D eigenvalue weighted by molar-refractivity contribution is 5.81. The molecule has 118 valence electrons. The molecule has 0 radical (unpaired) electrons. The average Bonchev–Trinajstić information content (AvgIpc) is 2.92. The number of aromatic nitrogens is 1. The summed E-state index contributed by atoms with van der Waals surface area (Å²) in [5.74, 6) is 1.40. The summed E-state index contributed by atoms with van der Waals surface area (Å²) in [6.45, 7) is 2.30. The molecular weight excluding hydrogens is 292 g/mol. The van der Waals surface area contributed by atoms with Crippen LogP contribution in [0.2, 0.25) is 0 Å². The second-order valence-electron chi connectivity index (χ2n) is 5.34. The molecule has 2 aromatic carbocycles. The number of aryl methyl sites for hydroxylation is 1. The summed E-state index contributed by atoms with van der Waals surface area (Å²) in [6, 6.07) is 13.3. The van der Waals surface area contributed by atoms with Gasteiger partial charge in [0, 0.05) is 13.5 Å². The predicted octanol–water partition coefficient (Wildman–Crippen LogP) is 3.00. The Morgan fingerprint density at radius 2 is 1.91 bits per heavy atom. The van der Waals surface area contributed by atoms with Gasteiger partial charge in [0.1, 0.15) is 11.3 Å². The van der Waals surface area contributed by atoms with Crippen LogP contribution in [-0.2, 0) is 17.8 Å². The number of carbonyl (C=O) groups is 1. The van der Waals surface area contributed by atoms with Gasteiger partial charge in [-0.25, -0.2) is 4.98 Å². The number of nitrogens with zero attached hydrogens (tertiary/aromatic N) is 1. The van der Waals surface area contributed by atoms with Gasteiger partial charge in [-0.1, -0.05) is 18.2 Å². The molecule has 0 spiro atoms. The molecule has 3 rings (SSSR count). The third kappa shape index (κ3) is 3.69. The highest BCUT2D eigenvalue weighted by Gasteiger charge is 2.07. The smallest absolute Gasteiger partial charge is 0.224 e. The number of fused-ring (bicyclic) bond motifs is 1. The minimum Gasteiger partial charge on any atom is -0.497 e. The summed E-state index contributed by atoms with van der Waals surface area (Å²) in [5.41, 5.74) is 3.45. The van der Waals surface area contributed by atoms with E-state index in [1.54, 1.807) is 14.0 Å². The maximum atomic E-state index is 12.1. The Labute approximate surface area is 134 Å². The van der Waals surface area contributed by atoms with Crippen molar-refractivity contribution in [2.75, 3.05) is 7.11 Å². The van der Waals surface area contributed by atoms with Crippen molar-refractivity contribution in [1.82, 2.24) is 10.3 Å². The maximum Gasteiger partial charge on any atom is 0.224 e. The van der Waals surface area contributed by atoms with Crippen molar-refractivity contribution in [3.63, 3.8) is 0 Å². The van der Waals surface area contributed by atoms with Gasteiger partial charge in [-0.3, -0.25) is 4.79 Å². The van der Waals surface area contributed by atoms with Gasteiger partial charge in [0.05, 0.1) is 13.5 Å². The van der Waals surface area contributed by atoms with Crippen molar-refractivity contribution in [1.29, 1.82) is 0 Å². The Kier molecular flexibility index (Phi) is 4.28. The van der Waals surface area contributed by atoms with E-state index in [4.69, 9.17) is 9.15 Å². The van der Waals surface area contributed by atoms with E-state index in [2.05, 4.69) is 10.3 Å². The molecule has 0 aliphatic heterocycles. The van der Waals surface area contributed by atoms with Crippen LogP contribution in [0.4, 0.5) is 0 Å². The third-order valence-corrected chi connectivity index (χ3v) is 3.57. The van der Waals surface area contributed by atoms with E-state index in [1.807, 2.05) is 42.5 Å². The number of methoxy groups -OCH3 is 1. The Bertz CT molecular complexity index is 822. The number of amides is 1. The topological polar surface area (TPSA) is 64.4 Å². The van der Waals surface area contributed by atoms with Crippen molar-refractivity contribution in [2.45, 2.75) is 19.9 Å². The van der Waals surface area contributed by atoms with Crippen LogP contribution >= 0.6 is 0 Å². The number of carbonyl (C=O) groups excluding carboxylic acids is 1. The van der Waals surface area contributed by atoms with E-state index in [-0.39, 0.29) is 5.91 Å². The summed E-state index contributed by atoms with van der Waals surface area (Å²) in [6.07, 6.45) is 0.311. The molecule has 1 amide bonds. The van der Waals surface area contributed by atoms with Crippen LogP contribution in [0.15, 0.2) is 46.9 Å². The van der Waals surface area contributed by atoms with Crippen molar-refractivity contribution >= 4 is 17.0 Å². The Balaban J connectivity index is 1.59. The van der Waals surface area contributed by atoms with E-state index in [0.29, 0.717) is 24.4 Å². The average molecular weight is 310 g/mol. The first-order valence-corrected chi connectivity index (χ1v) is 7.40. The van der Waals surface area contributed by atoms with Crippen LogP contribution in [0.3, 0.4) is 0 Å². The van der Waals surface area contributed by atoms with Crippen molar-refractivity contribution < 1.29 is 13.9 Å². The van der Waals surface area contributed by atoms with Crippen molar-refractivity contribution in [2.24, 2.45) is 0 Å². The second kappa shape index (κ2) is 6.52. The molecule has 1 heterocycles. The summed E-state index contributed by atoms with van der Waals surface area (Å²) in [5, 5.41) is 2.91. The van der Waals surface area contributed by atoms with Crippen LogP contribution in [0.25, 0.3) is 11.1 Å². The third-order valence-electron chi connectivity index (χ3n) is 3.57. The molecule has 0 saturated heterocycles. The SMILES string of the molecule is COc1ccc(CNC(=O)Cc2ccc3nc(C)oc3c2)cc1. The molecule has 1 aromatic heterocycles. The molecule has 5 nitrogen and oxygen atoms in total. The zero-order valence-corrected chi connectivity index (χ0v) is 13.1. The number of rotatable bonds is 5. The number of ether oxygens (including phenoxy) is 1. The highest BCUT2D eigenvalue weighted by atomic mass is 16.5. The fourth-order valence-electron chi connectivity index (χ4n) is 2.39. The first-order chi connectivity index (χ1) is 11.1. The molecule has 0 fully saturated rings. The lowest BCUT2D eigenvalue weighted by atomic mass is 10.1. The van der Waals surface area contributed by atoms with Gasteiger partial charge in [-0.2, -0.15) is 0 Å². The molecule has 0 saturated carbocycles. The van der Waals surface area contributed by atoms with E-state index >= 15 is 0 Å². The molecule has 0 atom stereocenters. The quantitative estimate of drug-likeness (QED) is 0.787.